The SMILES string of the molecule is Cc1cc(C)cc(CN2CC3CCCC(N)C3C2)c1. The first-order valence-corrected chi connectivity index (χ1v) is 7.67. The molecular formula is C17H26N2. The smallest absolute Gasteiger partial charge is 0.0234 e. The van der Waals surface area contributed by atoms with Crippen LogP contribution in [0.1, 0.15) is 36.0 Å². The molecule has 0 amide bonds. The lowest BCUT2D eigenvalue weighted by Crippen LogP contribution is -2.38. The number of likely N-dealkylation sites (tertiary alicyclic amines) is 1. The van der Waals surface area contributed by atoms with Gasteiger partial charge in [0.15, 0.2) is 0 Å². The molecule has 2 N–H and O–H groups in total. The number of aryl methyl sites for hydroxylation is 2. The van der Waals surface area contributed by atoms with Gasteiger partial charge in [0.05, 0.1) is 0 Å². The largest absolute Gasteiger partial charge is 0.327 e. The Bertz CT molecular complexity index is 434. The van der Waals surface area contributed by atoms with Crippen molar-refractivity contribution >= 4 is 0 Å². The molecule has 1 aromatic carbocycles. The Morgan fingerprint density at radius 2 is 1.84 bits per heavy atom. The van der Waals surface area contributed by atoms with Crippen LogP contribution in [-0.4, -0.2) is 24.0 Å². The molecule has 1 saturated heterocycles. The summed E-state index contributed by atoms with van der Waals surface area (Å²) in [5, 5.41) is 0. The van der Waals surface area contributed by atoms with E-state index in [2.05, 4.69) is 36.9 Å². The topological polar surface area (TPSA) is 29.3 Å². The van der Waals surface area contributed by atoms with Crippen molar-refractivity contribution in [3.63, 3.8) is 0 Å². The third-order valence-corrected chi connectivity index (χ3v) is 4.92. The Labute approximate surface area is 117 Å². The van der Waals surface area contributed by atoms with Crippen molar-refractivity contribution in [2.45, 2.75) is 45.7 Å². The molecule has 3 atom stereocenters. The summed E-state index contributed by atoms with van der Waals surface area (Å²) in [6.07, 6.45) is 3.96. The Morgan fingerprint density at radius 1 is 1.11 bits per heavy atom. The van der Waals surface area contributed by atoms with Crippen LogP contribution in [-0.2, 0) is 6.54 Å². The molecule has 0 aromatic heterocycles. The number of nitrogens with two attached hydrogens (primary N) is 1. The van der Waals surface area contributed by atoms with Gasteiger partial charge in [-0.25, -0.2) is 0 Å². The van der Waals surface area contributed by atoms with Gasteiger partial charge < -0.3 is 5.73 Å². The van der Waals surface area contributed by atoms with Gasteiger partial charge in [0.25, 0.3) is 0 Å². The summed E-state index contributed by atoms with van der Waals surface area (Å²) >= 11 is 0. The van der Waals surface area contributed by atoms with Crippen LogP contribution in [0.4, 0.5) is 0 Å². The molecule has 1 saturated carbocycles. The zero-order chi connectivity index (χ0) is 13.4. The quantitative estimate of drug-likeness (QED) is 0.884. The summed E-state index contributed by atoms with van der Waals surface area (Å²) in [6.45, 7) is 7.94. The Morgan fingerprint density at radius 3 is 2.53 bits per heavy atom. The number of benzene rings is 1. The third kappa shape index (κ3) is 2.85. The molecule has 1 aromatic rings. The van der Waals surface area contributed by atoms with Crippen molar-refractivity contribution in [3.8, 4) is 0 Å². The van der Waals surface area contributed by atoms with E-state index in [0.717, 1.165) is 18.4 Å². The van der Waals surface area contributed by atoms with E-state index >= 15 is 0 Å². The average molecular weight is 258 g/mol. The molecule has 0 spiro atoms. The molecule has 2 heteroatoms. The summed E-state index contributed by atoms with van der Waals surface area (Å²) in [7, 11) is 0. The van der Waals surface area contributed by atoms with Gasteiger partial charge in [0.1, 0.15) is 0 Å². The molecule has 3 rings (SSSR count). The van der Waals surface area contributed by atoms with Crippen molar-refractivity contribution < 1.29 is 0 Å². The van der Waals surface area contributed by atoms with E-state index in [-0.39, 0.29) is 0 Å². The molecule has 2 aliphatic rings. The second kappa shape index (κ2) is 5.26. The van der Waals surface area contributed by atoms with E-state index in [4.69, 9.17) is 5.73 Å². The second-order valence-corrected chi connectivity index (χ2v) is 6.71. The number of hydrogen-bond donors (Lipinski definition) is 1. The Kier molecular flexibility index (Phi) is 3.64. The highest BCUT2D eigenvalue weighted by Crippen LogP contribution is 2.36. The van der Waals surface area contributed by atoms with Gasteiger partial charge >= 0.3 is 0 Å². The highest BCUT2D eigenvalue weighted by molar-refractivity contribution is 5.28. The first-order valence-electron chi connectivity index (χ1n) is 7.67. The standard InChI is InChI=1S/C17H26N2/c1-12-6-13(2)8-14(7-12)9-19-10-15-4-3-5-17(18)16(15)11-19/h6-8,15-17H,3-5,9-11,18H2,1-2H3. The van der Waals surface area contributed by atoms with Crippen LogP contribution in [0.3, 0.4) is 0 Å². The van der Waals surface area contributed by atoms with Crippen LogP contribution in [0.2, 0.25) is 0 Å². The van der Waals surface area contributed by atoms with Gasteiger partial charge in [-0.1, -0.05) is 35.7 Å². The summed E-state index contributed by atoms with van der Waals surface area (Å²) in [4.78, 5) is 2.62. The van der Waals surface area contributed by atoms with Crippen molar-refractivity contribution in [2.75, 3.05) is 13.1 Å². The lowest BCUT2D eigenvalue weighted by atomic mass is 9.78. The predicted octanol–water partition coefficient (Wildman–Crippen LogP) is 2.86. The molecule has 3 unspecified atom stereocenters. The Hall–Kier alpha value is -0.860. The molecule has 0 radical (unpaired) electrons. The van der Waals surface area contributed by atoms with Gasteiger partial charge in [0, 0.05) is 25.7 Å². The number of rotatable bonds is 2. The minimum atomic E-state index is 0.447. The van der Waals surface area contributed by atoms with E-state index in [1.165, 1.54) is 49.0 Å². The maximum atomic E-state index is 6.30. The predicted molar refractivity (Wildman–Crippen MR) is 80.0 cm³/mol. The molecule has 2 fully saturated rings. The molecule has 0 bridgehead atoms. The van der Waals surface area contributed by atoms with Crippen LogP contribution in [0.15, 0.2) is 18.2 Å². The van der Waals surface area contributed by atoms with E-state index in [9.17, 15) is 0 Å². The summed E-state index contributed by atoms with van der Waals surface area (Å²) in [5.74, 6) is 1.61. The minimum absolute atomic E-state index is 0.447. The number of fused-ring (bicyclic) bond motifs is 1. The third-order valence-electron chi connectivity index (χ3n) is 4.92. The van der Waals surface area contributed by atoms with E-state index < -0.39 is 0 Å². The number of hydrogen-bond acceptors (Lipinski definition) is 2. The van der Waals surface area contributed by atoms with Crippen LogP contribution in [0.5, 0.6) is 0 Å². The maximum Gasteiger partial charge on any atom is 0.0234 e. The van der Waals surface area contributed by atoms with Gasteiger partial charge in [0.2, 0.25) is 0 Å². The van der Waals surface area contributed by atoms with E-state index in [1.807, 2.05) is 0 Å². The molecule has 1 heterocycles. The fourth-order valence-corrected chi connectivity index (χ4v) is 4.16. The lowest BCUT2D eigenvalue weighted by Gasteiger charge is -2.29. The molecular weight excluding hydrogens is 232 g/mol. The summed E-state index contributed by atoms with van der Waals surface area (Å²) < 4.78 is 0. The van der Waals surface area contributed by atoms with E-state index in [0.29, 0.717) is 6.04 Å². The molecule has 104 valence electrons. The minimum Gasteiger partial charge on any atom is -0.327 e. The van der Waals surface area contributed by atoms with Crippen LogP contribution >= 0.6 is 0 Å². The molecule has 2 nitrogen and oxygen atoms in total. The summed E-state index contributed by atoms with van der Waals surface area (Å²) in [5.41, 5.74) is 10.5. The van der Waals surface area contributed by atoms with Gasteiger partial charge in [-0.05, 0) is 44.1 Å². The highest BCUT2D eigenvalue weighted by atomic mass is 15.2. The van der Waals surface area contributed by atoms with Gasteiger partial charge in [-0.2, -0.15) is 0 Å². The second-order valence-electron chi connectivity index (χ2n) is 6.71. The van der Waals surface area contributed by atoms with E-state index in [1.54, 1.807) is 0 Å². The maximum absolute atomic E-state index is 6.30. The summed E-state index contributed by atoms with van der Waals surface area (Å²) in [6, 6.07) is 7.36. The molecule has 1 aliphatic carbocycles. The van der Waals surface area contributed by atoms with Crippen LogP contribution in [0, 0.1) is 25.7 Å². The normalized spacial score (nSPS) is 31.4. The first kappa shape index (κ1) is 13.1. The monoisotopic (exact) mass is 258 g/mol. The van der Waals surface area contributed by atoms with Crippen LogP contribution < -0.4 is 5.73 Å². The fraction of sp³-hybridized carbons (Fsp3) is 0.647. The zero-order valence-electron chi connectivity index (χ0n) is 12.2. The van der Waals surface area contributed by atoms with Gasteiger partial charge in [-0.15, -0.1) is 0 Å². The van der Waals surface area contributed by atoms with Crippen LogP contribution in [0.25, 0.3) is 0 Å². The van der Waals surface area contributed by atoms with Crippen molar-refractivity contribution in [3.05, 3.63) is 34.9 Å². The van der Waals surface area contributed by atoms with Crippen molar-refractivity contribution in [2.24, 2.45) is 17.6 Å². The zero-order valence-corrected chi connectivity index (χ0v) is 12.2. The molecule has 19 heavy (non-hydrogen) atoms. The van der Waals surface area contributed by atoms with Crippen molar-refractivity contribution in [1.29, 1.82) is 0 Å². The average Bonchev–Trinajstić information content (AvgIpc) is 2.71. The lowest BCUT2D eigenvalue weighted by molar-refractivity contribution is 0.259. The van der Waals surface area contributed by atoms with Crippen molar-refractivity contribution in [1.82, 2.24) is 4.90 Å². The first-order chi connectivity index (χ1) is 9.11. The fourth-order valence-electron chi connectivity index (χ4n) is 4.16. The number of nitrogens with zero attached hydrogens (tertiary/aromatic N) is 1. The van der Waals surface area contributed by atoms with Gasteiger partial charge in [-0.3, -0.25) is 4.90 Å². The highest BCUT2D eigenvalue weighted by Gasteiger charge is 2.38. The molecule has 1 aliphatic heterocycles. The Balaban J connectivity index is 1.68.